The molecule has 0 aromatic rings. The molecule has 0 heterocycles. The van der Waals surface area contributed by atoms with Gasteiger partial charge in [-0.2, -0.15) is 11.8 Å². The van der Waals surface area contributed by atoms with Gasteiger partial charge in [-0.3, -0.25) is 4.79 Å². The van der Waals surface area contributed by atoms with Crippen LogP contribution in [0.5, 0.6) is 0 Å². The largest absolute Gasteiger partial charge is 0.459 e. The minimum Gasteiger partial charge on any atom is -0.459 e. The molecule has 4 nitrogen and oxygen atoms in total. The molecular formula is C10H19NO3S. The molecule has 0 saturated heterocycles. The fraction of sp³-hybridized carbons (Fsp3) is 0.800. The van der Waals surface area contributed by atoms with E-state index in [4.69, 9.17) is 0 Å². The van der Waals surface area contributed by atoms with Gasteiger partial charge in [-0.25, -0.2) is 4.79 Å². The van der Waals surface area contributed by atoms with Crippen molar-refractivity contribution in [2.45, 2.75) is 26.3 Å². The van der Waals surface area contributed by atoms with Crippen molar-refractivity contribution in [1.82, 2.24) is 4.90 Å². The molecule has 1 amide bonds. The predicted molar refractivity (Wildman–Crippen MR) is 61.9 cm³/mol. The lowest BCUT2D eigenvalue weighted by Crippen LogP contribution is -2.42. The number of rotatable bonds is 5. The second kappa shape index (κ2) is 7.56. The van der Waals surface area contributed by atoms with Crippen LogP contribution in [0.15, 0.2) is 0 Å². The first-order chi connectivity index (χ1) is 7.08. The smallest absolute Gasteiger partial charge is 0.397 e. The SMILES string of the molecule is CCOC(=O)C(=O)N(C)C(CC)CSC. The van der Waals surface area contributed by atoms with Gasteiger partial charge >= 0.3 is 11.9 Å². The Labute approximate surface area is 95.3 Å². The highest BCUT2D eigenvalue weighted by atomic mass is 32.2. The van der Waals surface area contributed by atoms with E-state index in [1.54, 1.807) is 25.7 Å². The van der Waals surface area contributed by atoms with Gasteiger partial charge in [0.1, 0.15) is 0 Å². The lowest BCUT2D eigenvalue weighted by Gasteiger charge is -2.25. The van der Waals surface area contributed by atoms with Gasteiger partial charge in [0.15, 0.2) is 0 Å². The van der Waals surface area contributed by atoms with Gasteiger partial charge in [-0.15, -0.1) is 0 Å². The number of carbonyl (C=O) groups excluding carboxylic acids is 2. The molecule has 0 aliphatic carbocycles. The summed E-state index contributed by atoms with van der Waals surface area (Å²) in [6, 6.07) is 0.0944. The van der Waals surface area contributed by atoms with Crippen molar-refractivity contribution in [1.29, 1.82) is 0 Å². The second-order valence-corrected chi connectivity index (χ2v) is 4.06. The van der Waals surface area contributed by atoms with Crippen LogP contribution in [-0.4, -0.2) is 48.5 Å². The van der Waals surface area contributed by atoms with E-state index in [0.29, 0.717) is 0 Å². The quantitative estimate of drug-likeness (QED) is 0.528. The maximum atomic E-state index is 11.6. The number of amides is 1. The van der Waals surface area contributed by atoms with Crippen LogP contribution >= 0.6 is 11.8 Å². The van der Waals surface area contributed by atoms with Gasteiger partial charge in [0.25, 0.3) is 0 Å². The normalized spacial score (nSPS) is 12.0. The minimum absolute atomic E-state index is 0.0944. The van der Waals surface area contributed by atoms with E-state index in [1.165, 1.54) is 4.90 Å². The Morgan fingerprint density at radius 1 is 1.40 bits per heavy atom. The fourth-order valence-corrected chi connectivity index (χ4v) is 2.04. The maximum absolute atomic E-state index is 11.6. The van der Waals surface area contributed by atoms with Gasteiger partial charge in [-0.05, 0) is 19.6 Å². The molecule has 0 bridgehead atoms. The van der Waals surface area contributed by atoms with Gasteiger partial charge in [0.05, 0.1) is 6.61 Å². The third kappa shape index (κ3) is 4.55. The van der Waals surface area contributed by atoms with Crippen molar-refractivity contribution in [2.75, 3.05) is 25.7 Å². The first-order valence-corrected chi connectivity index (χ1v) is 6.40. The highest BCUT2D eigenvalue weighted by Crippen LogP contribution is 2.08. The van der Waals surface area contributed by atoms with E-state index in [0.717, 1.165) is 12.2 Å². The van der Waals surface area contributed by atoms with Crippen LogP contribution in [0.2, 0.25) is 0 Å². The third-order valence-corrected chi connectivity index (χ3v) is 2.87. The second-order valence-electron chi connectivity index (χ2n) is 3.15. The zero-order valence-corrected chi connectivity index (χ0v) is 10.6. The number of ether oxygens (including phenoxy) is 1. The van der Waals surface area contributed by atoms with Gasteiger partial charge < -0.3 is 9.64 Å². The Morgan fingerprint density at radius 3 is 2.40 bits per heavy atom. The summed E-state index contributed by atoms with van der Waals surface area (Å²) >= 11 is 1.66. The van der Waals surface area contributed by atoms with Gasteiger partial charge in [0, 0.05) is 18.8 Å². The average molecular weight is 233 g/mol. The molecule has 0 spiro atoms. The van der Waals surface area contributed by atoms with E-state index < -0.39 is 11.9 Å². The zero-order chi connectivity index (χ0) is 11.8. The Kier molecular flexibility index (Phi) is 7.21. The Morgan fingerprint density at radius 2 is 2.00 bits per heavy atom. The van der Waals surface area contributed by atoms with Gasteiger partial charge in [-0.1, -0.05) is 6.92 Å². The van der Waals surface area contributed by atoms with E-state index in [1.807, 2.05) is 13.2 Å². The molecule has 0 aromatic carbocycles. The van der Waals surface area contributed by atoms with Crippen molar-refractivity contribution in [3.05, 3.63) is 0 Å². The van der Waals surface area contributed by atoms with Crippen molar-refractivity contribution in [2.24, 2.45) is 0 Å². The number of thioether (sulfide) groups is 1. The van der Waals surface area contributed by atoms with E-state index in [-0.39, 0.29) is 12.6 Å². The molecule has 0 aliphatic rings. The number of hydrogen-bond donors (Lipinski definition) is 0. The average Bonchev–Trinajstić information content (AvgIpc) is 2.24. The molecule has 0 radical (unpaired) electrons. The number of hydrogen-bond acceptors (Lipinski definition) is 4. The zero-order valence-electron chi connectivity index (χ0n) is 9.78. The van der Waals surface area contributed by atoms with E-state index >= 15 is 0 Å². The Hall–Kier alpha value is -0.710. The molecule has 0 aromatic heterocycles. The Bertz CT molecular complexity index is 221. The summed E-state index contributed by atoms with van der Waals surface area (Å²) in [5.74, 6) is -0.490. The Balaban J connectivity index is 4.33. The molecular weight excluding hydrogens is 214 g/mol. The molecule has 0 N–H and O–H groups in total. The molecule has 0 rings (SSSR count). The maximum Gasteiger partial charge on any atom is 0.397 e. The van der Waals surface area contributed by atoms with Crippen molar-refractivity contribution >= 4 is 23.6 Å². The summed E-state index contributed by atoms with van der Waals surface area (Å²) in [4.78, 5) is 24.2. The number of likely N-dealkylation sites (N-methyl/N-ethyl adjacent to an activating group) is 1. The summed E-state index contributed by atoms with van der Waals surface area (Å²) in [6.45, 7) is 3.91. The summed E-state index contributed by atoms with van der Waals surface area (Å²) in [7, 11) is 1.64. The molecule has 0 fully saturated rings. The third-order valence-electron chi connectivity index (χ3n) is 2.15. The first-order valence-electron chi connectivity index (χ1n) is 5.01. The lowest BCUT2D eigenvalue weighted by atomic mass is 10.2. The van der Waals surface area contributed by atoms with Crippen molar-refractivity contribution in [3.63, 3.8) is 0 Å². The number of esters is 1. The van der Waals surface area contributed by atoms with Crippen LogP contribution in [0.3, 0.4) is 0 Å². The molecule has 0 aliphatic heterocycles. The minimum atomic E-state index is -0.764. The van der Waals surface area contributed by atoms with Gasteiger partial charge in [0.2, 0.25) is 0 Å². The van der Waals surface area contributed by atoms with Crippen molar-refractivity contribution in [3.8, 4) is 0 Å². The lowest BCUT2D eigenvalue weighted by molar-refractivity contribution is -0.160. The predicted octanol–water partition coefficient (Wildman–Crippen LogP) is 1.15. The van der Waals surface area contributed by atoms with Crippen LogP contribution in [0.1, 0.15) is 20.3 Å². The standard InChI is InChI=1S/C10H19NO3S/c1-5-8(7-15-4)11(3)9(12)10(13)14-6-2/h8H,5-7H2,1-4H3. The topological polar surface area (TPSA) is 46.6 Å². The van der Waals surface area contributed by atoms with E-state index in [9.17, 15) is 9.59 Å². The monoisotopic (exact) mass is 233 g/mol. The highest BCUT2D eigenvalue weighted by Gasteiger charge is 2.24. The molecule has 1 atom stereocenters. The molecule has 5 heteroatoms. The summed E-state index contributed by atoms with van der Waals surface area (Å²) in [6.07, 6.45) is 2.81. The van der Waals surface area contributed by atoms with Crippen molar-refractivity contribution < 1.29 is 14.3 Å². The highest BCUT2D eigenvalue weighted by molar-refractivity contribution is 7.98. The first kappa shape index (κ1) is 14.3. The number of nitrogens with zero attached hydrogens (tertiary/aromatic N) is 1. The van der Waals surface area contributed by atoms with Crippen LogP contribution in [-0.2, 0) is 14.3 Å². The van der Waals surface area contributed by atoms with Crippen LogP contribution in [0.4, 0.5) is 0 Å². The molecule has 1 unspecified atom stereocenters. The van der Waals surface area contributed by atoms with Crippen LogP contribution < -0.4 is 0 Å². The summed E-state index contributed by atoms with van der Waals surface area (Å²) in [5.41, 5.74) is 0. The fourth-order valence-electron chi connectivity index (χ4n) is 1.20. The van der Waals surface area contributed by atoms with Crippen LogP contribution in [0.25, 0.3) is 0 Å². The molecule has 0 saturated carbocycles. The summed E-state index contributed by atoms with van der Waals surface area (Å²) in [5, 5.41) is 0. The molecule has 15 heavy (non-hydrogen) atoms. The van der Waals surface area contributed by atoms with E-state index in [2.05, 4.69) is 4.74 Å². The van der Waals surface area contributed by atoms with Crippen LogP contribution in [0, 0.1) is 0 Å². The number of carbonyl (C=O) groups is 2. The summed E-state index contributed by atoms with van der Waals surface area (Å²) < 4.78 is 4.66. The molecule has 88 valence electrons.